The number of carbonyl (C=O) groups excluding carboxylic acids is 2. The highest BCUT2D eigenvalue weighted by atomic mass is 16.6. The van der Waals surface area contributed by atoms with Crippen LogP contribution in [0.5, 0.6) is 0 Å². The van der Waals surface area contributed by atoms with E-state index in [-0.39, 0.29) is 18.1 Å². The topological polar surface area (TPSA) is 59.1 Å². The molecule has 0 N–H and O–H groups in total. The Morgan fingerprint density at radius 2 is 1.80 bits per heavy atom. The molecule has 6 heteroatoms. The third-order valence-electron chi connectivity index (χ3n) is 4.18. The molecule has 0 aromatic heterocycles. The van der Waals surface area contributed by atoms with Gasteiger partial charge in [0, 0.05) is 32.2 Å². The molecule has 6 nitrogen and oxygen atoms in total. The van der Waals surface area contributed by atoms with Gasteiger partial charge in [0.25, 0.3) is 0 Å². The second kappa shape index (κ2) is 7.87. The molecule has 0 aliphatic carbocycles. The Labute approximate surface area is 149 Å². The van der Waals surface area contributed by atoms with E-state index in [1.807, 2.05) is 32.9 Å². The average molecular weight is 348 g/mol. The van der Waals surface area contributed by atoms with Crippen molar-refractivity contribution in [1.29, 1.82) is 0 Å². The molecule has 1 saturated heterocycles. The molecule has 138 valence electrons. The Kier molecular flexibility index (Phi) is 6.06. The molecule has 1 aromatic rings. The van der Waals surface area contributed by atoms with E-state index in [4.69, 9.17) is 9.47 Å². The molecular weight excluding hydrogens is 320 g/mol. The maximum Gasteiger partial charge on any atom is 0.410 e. The number of carbonyl (C=O) groups is 2. The molecule has 1 fully saturated rings. The van der Waals surface area contributed by atoms with Gasteiger partial charge in [-0.3, -0.25) is 4.90 Å². The molecular formula is C19H28N2O4. The normalized spacial score (nSPS) is 18.8. The van der Waals surface area contributed by atoms with Crippen molar-refractivity contribution in [3.8, 4) is 0 Å². The number of hydrogen-bond acceptors (Lipinski definition) is 5. The Morgan fingerprint density at radius 1 is 1.16 bits per heavy atom. The van der Waals surface area contributed by atoms with Crippen molar-refractivity contribution in [3.05, 3.63) is 35.4 Å². The summed E-state index contributed by atoms with van der Waals surface area (Å²) in [6.07, 6.45) is -0.249. The molecule has 1 amide bonds. The molecule has 1 aliphatic heterocycles. The van der Waals surface area contributed by atoms with Crippen LogP contribution in [0.1, 0.15) is 43.6 Å². The van der Waals surface area contributed by atoms with Gasteiger partial charge in [0.2, 0.25) is 0 Å². The highest BCUT2D eigenvalue weighted by molar-refractivity contribution is 5.89. The minimum atomic E-state index is -0.473. The van der Waals surface area contributed by atoms with Gasteiger partial charge in [-0.2, -0.15) is 0 Å². The summed E-state index contributed by atoms with van der Waals surface area (Å²) in [6.45, 7) is 10.6. The first kappa shape index (κ1) is 19.2. The average Bonchev–Trinajstić information content (AvgIpc) is 2.55. The molecule has 0 spiro atoms. The van der Waals surface area contributed by atoms with Crippen molar-refractivity contribution in [2.45, 2.75) is 45.9 Å². The summed E-state index contributed by atoms with van der Waals surface area (Å²) in [5.41, 5.74) is 1.21. The van der Waals surface area contributed by atoms with Crippen LogP contribution < -0.4 is 0 Å². The molecule has 1 aromatic carbocycles. The van der Waals surface area contributed by atoms with Crippen LogP contribution in [0.2, 0.25) is 0 Å². The van der Waals surface area contributed by atoms with Gasteiger partial charge in [-0.1, -0.05) is 12.1 Å². The Balaban J connectivity index is 1.91. The number of rotatable bonds is 3. The minimum absolute atomic E-state index is 0.238. The monoisotopic (exact) mass is 348 g/mol. The van der Waals surface area contributed by atoms with Gasteiger partial charge >= 0.3 is 12.1 Å². The van der Waals surface area contributed by atoms with Gasteiger partial charge in [0.15, 0.2) is 0 Å². The van der Waals surface area contributed by atoms with E-state index < -0.39 is 5.60 Å². The van der Waals surface area contributed by atoms with Crippen molar-refractivity contribution < 1.29 is 19.1 Å². The molecule has 1 aliphatic rings. The molecule has 0 radical (unpaired) electrons. The van der Waals surface area contributed by atoms with Crippen LogP contribution in [0.4, 0.5) is 4.79 Å². The zero-order valence-corrected chi connectivity index (χ0v) is 15.7. The van der Waals surface area contributed by atoms with E-state index in [0.717, 1.165) is 18.7 Å². The summed E-state index contributed by atoms with van der Waals surface area (Å²) >= 11 is 0. The standard InChI is InChI=1S/C19H28N2O4/c1-14-12-21(18(23)25-19(2,3)4)11-10-20(14)13-15-6-8-16(9-7-15)17(22)24-5/h6-9,14H,10-13H2,1-5H3/t14-/m0/s1. The van der Waals surface area contributed by atoms with E-state index in [1.165, 1.54) is 7.11 Å². The summed E-state index contributed by atoms with van der Waals surface area (Å²) in [5, 5.41) is 0. The number of nitrogens with zero attached hydrogens (tertiary/aromatic N) is 2. The van der Waals surface area contributed by atoms with E-state index in [1.54, 1.807) is 17.0 Å². The first-order valence-corrected chi connectivity index (χ1v) is 8.59. The summed E-state index contributed by atoms with van der Waals surface area (Å²) in [5.74, 6) is -0.328. The first-order valence-electron chi connectivity index (χ1n) is 8.59. The third-order valence-corrected chi connectivity index (χ3v) is 4.18. The Hall–Kier alpha value is -2.08. The largest absolute Gasteiger partial charge is 0.465 e. The van der Waals surface area contributed by atoms with E-state index in [9.17, 15) is 9.59 Å². The minimum Gasteiger partial charge on any atom is -0.465 e. The Morgan fingerprint density at radius 3 is 2.32 bits per heavy atom. The lowest BCUT2D eigenvalue weighted by molar-refractivity contribution is 0.00461. The predicted molar refractivity (Wildman–Crippen MR) is 95.5 cm³/mol. The summed E-state index contributed by atoms with van der Waals surface area (Å²) in [6, 6.07) is 7.69. The predicted octanol–water partition coefficient (Wildman–Crippen LogP) is 2.91. The number of esters is 1. The first-order chi connectivity index (χ1) is 11.7. The molecule has 0 saturated carbocycles. The van der Waals surface area contributed by atoms with Crippen LogP contribution in [0.25, 0.3) is 0 Å². The molecule has 0 bridgehead atoms. The molecule has 1 atom stereocenters. The molecule has 25 heavy (non-hydrogen) atoms. The summed E-state index contributed by atoms with van der Waals surface area (Å²) in [4.78, 5) is 27.8. The Bertz CT molecular complexity index is 607. The zero-order chi connectivity index (χ0) is 18.6. The van der Waals surface area contributed by atoms with Gasteiger partial charge < -0.3 is 14.4 Å². The fourth-order valence-electron chi connectivity index (χ4n) is 2.82. The molecule has 2 rings (SSSR count). The highest BCUT2D eigenvalue weighted by Gasteiger charge is 2.29. The van der Waals surface area contributed by atoms with Crippen molar-refractivity contribution >= 4 is 12.1 Å². The smallest absolute Gasteiger partial charge is 0.410 e. The van der Waals surface area contributed by atoms with E-state index >= 15 is 0 Å². The van der Waals surface area contributed by atoms with Gasteiger partial charge in [-0.15, -0.1) is 0 Å². The van der Waals surface area contributed by atoms with Gasteiger partial charge in [-0.05, 0) is 45.4 Å². The van der Waals surface area contributed by atoms with Gasteiger partial charge in [0.05, 0.1) is 12.7 Å². The van der Waals surface area contributed by atoms with Crippen molar-refractivity contribution in [3.63, 3.8) is 0 Å². The third kappa shape index (κ3) is 5.46. The number of benzene rings is 1. The van der Waals surface area contributed by atoms with E-state index in [2.05, 4.69) is 11.8 Å². The maximum absolute atomic E-state index is 12.2. The number of hydrogen-bond donors (Lipinski definition) is 0. The quantitative estimate of drug-likeness (QED) is 0.786. The molecule has 1 heterocycles. The fraction of sp³-hybridized carbons (Fsp3) is 0.579. The van der Waals surface area contributed by atoms with E-state index in [0.29, 0.717) is 18.7 Å². The second-order valence-electron chi connectivity index (χ2n) is 7.43. The number of amides is 1. The zero-order valence-electron chi connectivity index (χ0n) is 15.7. The van der Waals surface area contributed by atoms with Crippen LogP contribution in [-0.2, 0) is 16.0 Å². The number of ether oxygens (including phenoxy) is 2. The number of methoxy groups -OCH3 is 1. The maximum atomic E-state index is 12.2. The van der Waals surface area contributed by atoms with Crippen LogP contribution in [-0.4, -0.2) is 60.2 Å². The van der Waals surface area contributed by atoms with Crippen LogP contribution >= 0.6 is 0 Å². The highest BCUT2D eigenvalue weighted by Crippen LogP contribution is 2.17. The molecule has 0 unspecified atom stereocenters. The fourth-order valence-corrected chi connectivity index (χ4v) is 2.82. The number of piperazine rings is 1. The summed E-state index contributed by atoms with van der Waals surface area (Å²) in [7, 11) is 1.38. The SMILES string of the molecule is COC(=O)c1ccc(CN2CCN(C(=O)OC(C)(C)C)C[C@@H]2C)cc1. The van der Waals surface area contributed by atoms with Crippen LogP contribution in [0, 0.1) is 0 Å². The van der Waals surface area contributed by atoms with Crippen molar-refractivity contribution in [2.75, 3.05) is 26.7 Å². The lowest BCUT2D eigenvalue weighted by Crippen LogP contribution is -2.54. The van der Waals surface area contributed by atoms with Crippen LogP contribution in [0.15, 0.2) is 24.3 Å². The van der Waals surface area contributed by atoms with Gasteiger partial charge in [-0.25, -0.2) is 9.59 Å². The van der Waals surface area contributed by atoms with Crippen molar-refractivity contribution in [1.82, 2.24) is 9.80 Å². The lowest BCUT2D eigenvalue weighted by atomic mass is 10.1. The summed E-state index contributed by atoms with van der Waals surface area (Å²) < 4.78 is 10.2. The van der Waals surface area contributed by atoms with Crippen molar-refractivity contribution in [2.24, 2.45) is 0 Å². The second-order valence-corrected chi connectivity index (χ2v) is 7.43. The van der Waals surface area contributed by atoms with Crippen LogP contribution in [0.3, 0.4) is 0 Å². The van der Waals surface area contributed by atoms with Gasteiger partial charge in [0.1, 0.15) is 5.60 Å². The lowest BCUT2D eigenvalue weighted by Gasteiger charge is -2.40.